The van der Waals surface area contributed by atoms with Crippen LogP contribution in [0.15, 0.2) is 27.7 Å². The summed E-state index contributed by atoms with van der Waals surface area (Å²) in [5.41, 5.74) is 5.89. The molecule has 1 aliphatic heterocycles. The molecule has 1 aliphatic rings. The normalized spacial score (nSPS) is 17.9. The van der Waals surface area contributed by atoms with Gasteiger partial charge in [0.2, 0.25) is 5.91 Å². The molecule has 0 radical (unpaired) electrons. The van der Waals surface area contributed by atoms with E-state index in [4.69, 9.17) is 5.73 Å². The molecule has 1 fully saturated rings. The molecular formula is C18H25BrF2N4O2. The molecule has 1 saturated heterocycles. The number of nitrogens with two attached hydrogens (primary N) is 1. The maximum absolute atomic E-state index is 12.6. The quantitative estimate of drug-likeness (QED) is 0.498. The number of benzene rings is 1. The van der Waals surface area contributed by atoms with Gasteiger partial charge in [-0.2, -0.15) is 8.78 Å². The Labute approximate surface area is 166 Å². The van der Waals surface area contributed by atoms with E-state index in [9.17, 15) is 13.6 Å². The standard InChI is InChI=1S/C18H25BrF2N4O2/c1-2-23-18(25-7-3-4-12(11-25)8-16(22)26)24-10-13-9-14(19)5-6-15(13)27-17(20)21/h5-6,9,12,17H,2-4,7-8,10-11H2,1H3,(H2,22,26)(H,23,24). The smallest absolute Gasteiger partial charge is 0.387 e. The molecular weight excluding hydrogens is 422 g/mol. The fourth-order valence-electron chi connectivity index (χ4n) is 3.18. The van der Waals surface area contributed by atoms with E-state index in [1.807, 2.05) is 6.92 Å². The maximum Gasteiger partial charge on any atom is 0.387 e. The fourth-order valence-corrected chi connectivity index (χ4v) is 3.59. The zero-order valence-corrected chi connectivity index (χ0v) is 16.8. The molecule has 1 unspecified atom stereocenters. The van der Waals surface area contributed by atoms with Crippen molar-refractivity contribution < 1.29 is 18.3 Å². The average Bonchev–Trinajstić information content (AvgIpc) is 2.60. The molecule has 6 nitrogen and oxygen atoms in total. The zero-order valence-electron chi connectivity index (χ0n) is 15.3. The van der Waals surface area contributed by atoms with Gasteiger partial charge in [-0.05, 0) is 43.9 Å². The van der Waals surface area contributed by atoms with Gasteiger partial charge in [0, 0.05) is 36.1 Å². The number of hydrogen-bond donors (Lipinski definition) is 2. The minimum atomic E-state index is -2.89. The molecule has 0 aliphatic carbocycles. The van der Waals surface area contributed by atoms with Gasteiger partial charge in [0.25, 0.3) is 0 Å². The van der Waals surface area contributed by atoms with Gasteiger partial charge in [-0.3, -0.25) is 4.79 Å². The Balaban J connectivity index is 2.15. The van der Waals surface area contributed by atoms with E-state index in [2.05, 4.69) is 35.9 Å². The number of rotatable bonds is 7. The second kappa shape index (κ2) is 10.4. The lowest BCUT2D eigenvalue weighted by molar-refractivity contribution is -0.119. The summed E-state index contributed by atoms with van der Waals surface area (Å²) in [6.45, 7) is 1.45. The molecule has 0 bridgehead atoms. The molecule has 1 amide bonds. The van der Waals surface area contributed by atoms with Crippen LogP contribution in [-0.2, 0) is 11.3 Å². The molecule has 1 aromatic carbocycles. The first-order valence-corrected chi connectivity index (χ1v) is 9.73. The third-order valence-corrected chi connectivity index (χ3v) is 4.77. The topological polar surface area (TPSA) is 80.0 Å². The van der Waals surface area contributed by atoms with Crippen molar-refractivity contribution in [2.24, 2.45) is 16.6 Å². The van der Waals surface area contributed by atoms with E-state index in [1.165, 1.54) is 6.07 Å². The number of aliphatic imine (C=N–C) groups is 1. The van der Waals surface area contributed by atoms with Crippen LogP contribution in [0.25, 0.3) is 0 Å². The van der Waals surface area contributed by atoms with Crippen LogP contribution in [0, 0.1) is 5.92 Å². The van der Waals surface area contributed by atoms with E-state index in [0.717, 1.165) is 23.9 Å². The van der Waals surface area contributed by atoms with Gasteiger partial charge in [0.1, 0.15) is 5.75 Å². The van der Waals surface area contributed by atoms with E-state index in [0.29, 0.717) is 31.0 Å². The fraction of sp³-hybridized carbons (Fsp3) is 0.556. The predicted octanol–water partition coefficient (Wildman–Crippen LogP) is 3.10. The van der Waals surface area contributed by atoms with E-state index in [-0.39, 0.29) is 24.1 Å². The second-order valence-electron chi connectivity index (χ2n) is 6.43. The first kappa shape index (κ1) is 21.4. The maximum atomic E-state index is 12.6. The first-order chi connectivity index (χ1) is 12.9. The number of halogens is 3. The molecule has 0 saturated carbocycles. The van der Waals surface area contributed by atoms with E-state index in [1.54, 1.807) is 12.1 Å². The molecule has 3 N–H and O–H groups in total. The molecule has 1 aromatic rings. The minimum Gasteiger partial charge on any atom is -0.434 e. The van der Waals surface area contributed by atoms with Crippen molar-refractivity contribution in [2.75, 3.05) is 19.6 Å². The summed E-state index contributed by atoms with van der Waals surface area (Å²) >= 11 is 3.35. The molecule has 2 rings (SSSR count). The summed E-state index contributed by atoms with van der Waals surface area (Å²) in [6, 6.07) is 4.86. The van der Waals surface area contributed by atoms with Gasteiger partial charge < -0.3 is 20.7 Å². The van der Waals surface area contributed by atoms with Crippen molar-refractivity contribution in [3.05, 3.63) is 28.2 Å². The molecule has 1 atom stereocenters. The Bertz CT molecular complexity index is 673. The summed E-state index contributed by atoms with van der Waals surface area (Å²) in [5, 5.41) is 3.23. The highest BCUT2D eigenvalue weighted by Gasteiger charge is 2.23. The number of nitrogens with zero attached hydrogens (tertiary/aromatic N) is 2. The zero-order chi connectivity index (χ0) is 19.8. The Kier molecular flexibility index (Phi) is 8.27. The number of primary amides is 1. The van der Waals surface area contributed by atoms with Crippen LogP contribution in [0.4, 0.5) is 8.78 Å². The lowest BCUT2D eigenvalue weighted by Crippen LogP contribution is -2.47. The second-order valence-corrected chi connectivity index (χ2v) is 7.34. The lowest BCUT2D eigenvalue weighted by Gasteiger charge is -2.34. The Morgan fingerprint density at radius 3 is 2.96 bits per heavy atom. The highest BCUT2D eigenvalue weighted by atomic mass is 79.9. The highest BCUT2D eigenvalue weighted by molar-refractivity contribution is 9.10. The van der Waals surface area contributed by atoms with Crippen molar-refractivity contribution in [3.63, 3.8) is 0 Å². The van der Waals surface area contributed by atoms with Crippen molar-refractivity contribution in [1.82, 2.24) is 10.2 Å². The summed E-state index contributed by atoms with van der Waals surface area (Å²) in [4.78, 5) is 17.9. The number of piperidine rings is 1. The van der Waals surface area contributed by atoms with Crippen LogP contribution in [0.5, 0.6) is 5.75 Å². The lowest BCUT2D eigenvalue weighted by atomic mass is 9.95. The largest absolute Gasteiger partial charge is 0.434 e. The van der Waals surface area contributed by atoms with Crippen molar-refractivity contribution >= 4 is 27.8 Å². The van der Waals surface area contributed by atoms with Gasteiger partial charge in [-0.1, -0.05) is 15.9 Å². The number of alkyl halides is 2. The van der Waals surface area contributed by atoms with Crippen LogP contribution in [0.2, 0.25) is 0 Å². The third-order valence-electron chi connectivity index (χ3n) is 4.28. The molecule has 1 heterocycles. The summed E-state index contributed by atoms with van der Waals surface area (Å²) in [5.74, 6) is 0.697. The molecule has 27 heavy (non-hydrogen) atoms. The molecule has 0 aromatic heterocycles. The summed E-state index contributed by atoms with van der Waals surface area (Å²) in [7, 11) is 0. The van der Waals surface area contributed by atoms with Crippen LogP contribution < -0.4 is 15.8 Å². The van der Waals surface area contributed by atoms with Gasteiger partial charge in [0.15, 0.2) is 5.96 Å². The number of nitrogens with one attached hydrogen (secondary N) is 1. The van der Waals surface area contributed by atoms with E-state index < -0.39 is 6.61 Å². The van der Waals surface area contributed by atoms with Gasteiger partial charge in [0.05, 0.1) is 6.54 Å². The number of guanidine groups is 1. The van der Waals surface area contributed by atoms with E-state index >= 15 is 0 Å². The Hall–Kier alpha value is -1.90. The van der Waals surface area contributed by atoms with Gasteiger partial charge in [-0.25, -0.2) is 4.99 Å². The highest BCUT2D eigenvalue weighted by Crippen LogP contribution is 2.26. The SMILES string of the molecule is CCNC(=NCc1cc(Br)ccc1OC(F)F)N1CCCC(CC(N)=O)C1. The number of amides is 1. The molecule has 9 heteroatoms. The Morgan fingerprint density at radius 2 is 2.30 bits per heavy atom. The van der Waals surface area contributed by atoms with Crippen LogP contribution in [0.3, 0.4) is 0 Å². The van der Waals surface area contributed by atoms with Crippen molar-refractivity contribution in [2.45, 2.75) is 39.3 Å². The number of carbonyl (C=O) groups is 1. The summed E-state index contributed by atoms with van der Waals surface area (Å²) < 4.78 is 30.6. The number of hydrogen-bond acceptors (Lipinski definition) is 3. The summed E-state index contributed by atoms with van der Waals surface area (Å²) in [6.07, 6.45) is 2.25. The van der Waals surface area contributed by atoms with Crippen molar-refractivity contribution in [1.29, 1.82) is 0 Å². The van der Waals surface area contributed by atoms with Crippen LogP contribution in [0.1, 0.15) is 31.7 Å². The number of ether oxygens (including phenoxy) is 1. The number of likely N-dealkylation sites (tertiary alicyclic amines) is 1. The predicted molar refractivity (Wildman–Crippen MR) is 104 cm³/mol. The van der Waals surface area contributed by atoms with Gasteiger partial charge in [-0.15, -0.1) is 0 Å². The van der Waals surface area contributed by atoms with Crippen LogP contribution >= 0.6 is 15.9 Å². The van der Waals surface area contributed by atoms with Crippen molar-refractivity contribution in [3.8, 4) is 5.75 Å². The van der Waals surface area contributed by atoms with Gasteiger partial charge >= 0.3 is 6.61 Å². The first-order valence-electron chi connectivity index (χ1n) is 8.93. The Morgan fingerprint density at radius 1 is 1.52 bits per heavy atom. The monoisotopic (exact) mass is 446 g/mol. The average molecular weight is 447 g/mol. The van der Waals surface area contributed by atoms with Crippen LogP contribution in [-0.4, -0.2) is 43.0 Å². The molecule has 150 valence electrons. The molecule has 0 spiro atoms. The minimum absolute atomic E-state index is 0.109. The third kappa shape index (κ3) is 6.97. The number of carbonyl (C=O) groups excluding carboxylic acids is 1.